The zero-order valence-corrected chi connectivity index (χ0v) is 16.2. The van der Waals surface area contributed by atoms with Gasteiger partial charge in [0.15, 0.2) is 0 Å². The minimum atomic E-state index is 0.511. The summed E-state index contributed by atoms with van der Waals surface area (Å²) in [7, 11) is 1.69. The molecular weight excluding hydrogens is 346 g/mol. The summed E-state index contributed by atoms with van der Waals surface area (Å²) in [4.78, 5) is 0. The highest BCUT2D eigenvalue weighted by atomic mass is 16.5. The molecule has 28 heavy (non-hydrogen) atoms. The van der Waals surface area contributed by atoms with Crippen molar-refractivity contribution >= 4 is 27.5 Å². The predicted octanol–water partition coefficient (Wildman–Crippen LogP) is 5.93. The molecule has 5 rings (SSSR count). The van der Waals surface area contributed by atoms with Crippen LogP contribution in [-0.2, 0) is 0 Å². The molecule has 1 saturated carbocycles. The smallest absolute Gasteiger partial charge is 0.137 e. The number of methoxy groups -OCH3 is 1. The zero-order valence-electron chi connectivity index (χ0n) is 16.2. The van der Waals surface area contributed by atoms with E-state index in [9.17, 15) is 0 Å². The molecule has 1 N–H and O–H groups in total. The molecular formula is C24H25N3O. The summed E-state index contributed by atoms with van der Waals surface area (Å²) in [5.41, 5.74) is 2.06. The second-order valence-electron chi connectivity index (χ2n) is 7.65. The molecule has 0 bridgehead atoms. The van der Waals surface area contributed by atoms with Crippen LogP contribution in [0.1, 0.15) is 32.1 Å². The first-order valence-electron chi connectivity index (χ1n) is 10.1. The van der Waals surface area contributed by atoms with Crippen LogP contribution < -0.4 is 10.1 Å². The van der Waals surface area contributed by atoms with Gasteiger partial charge in [0.1, 0.15) is 11.6 Å². The summed E-state index contributed by atoms with van der Waals surface area (Å²) < 4.78 is 7.38. The van der Waals surface area contributed by atoms with Gasteiger partial charge in [0.05, 0.1) is 18.3 Å². The third kappa shape index (κ3) is 3.09. The van der Waals surface area contributed by atoms with E-state index >= 15 is 0 Å². The van der Waals surface area contributed by atoms with Crippen molar-refractivity contribution in [3.05, 3.63) is 60.7 Å². The van der Waals surface area contributed by atoms with Gasteiger partial charge >= 0.3 is 0 Å². The Hall–Kier alpha value is -3.01. The van der Waals surface area contributed by atoms with Gasteiger partial charge < -0.3 is 10.1 Å². The molecule has 1 heterocycles. The predicted molar refractivity (Wildman–Crippen MR) is 116 cm³/mol. The molecule has 0 spiro atoms. The van der Waals surface area contributed by atoms with E-state index in [1.807, 2.05) is 12.1 Å². The summed E-state index contributed by atoms with van der Waals surface area (Å²) in [5, 5.41) is 12.4. The Morgan fingerprint density at radius 2 is 1.64 bits per heavy atom. The molecule has 4 aromatic rings. The van der Waals surface area contributed by atoms with Crippen LogP contribution in [-0.4, -0.2) is 22.9 Å². The first-order valence-corrected chi connectivity index (χ1v) is 10.1. The Morgan fingerprint density at radius 1 is 0.929 bits per heavy atom. The Labute approximate surface area is 165 Å². The maximum Gasteiger partial charge on any atom is 0.137 e. The summed E-state index contributed by atoms with van der Waals surface area (Å²) >= 11 is 0. The second-order valence-corrected chi connectivity index (χ2v) is 7.65. The van der Waals surface area contributed by atoms with Crippen LogP contribution in [0.5, 0.6) is 5.75 Å². The standard InChI is InChI=1S/C24H25N3O/c1-28-21-13-11-20(12-14-21)27-24(25-19-9-3-2-4-10-19)22-15-17-7-5-6-8-18(17)16-23(22)26-27/h5-8,11-16,19,25H,2-4,9-10H2,1H3. The molecule has 1 aromatic heterocycles. The lowest BCUT2D eigenvalue weighted by Gasteiger charge is -2.24. The van der Waals surface area contributed by atoms with Gasteiger partial charge in [-0.25, -0.2) is 4.68 Å². The molecule has 0 unspecified atom stereocenters. The number of benzene rings is 3. The SMILES string of the molecule is COc1ccc(-n2nc3cc4ccccc4cc3c2NC2CCCCC2)cc1. The van der Waals surface area contributed by atoms with E-state index in [4.69, 9.17) is 9.84 Å². The van der Waals surface area contributed by atoms with Crippen LogP contribution in [0, 0.1) is 0 Å². The summed E-state index contributed by atoms with van der Waals surface area (Å²) in [6, 6.07) is 21.6. The van der Waals surface area contributed by atoms with Gasteiger partial charge in [-0.05, 0) is 60.0 Å². The van der Waals surface area contributed by atoms with Gasteiger partial charge in [-0.3, -0.25) is 0 Å². The quantitative estimate of drug-likeness (QED) is 0.483. The lowest BCUT2D eigenvalue weighted by atomic mass is 9.95. The fourth-order valence-electron chi connectivity index (χ4n) is 4.26. The number of fused-ring (bicyclic) bond motifs is 2. The fourth-order valence-corrected chi connectivity index (χ4v) is 4.26. The van der Waals surface area contributed by atoms with E-state index in [2.05, 4.69) is 58.5 Å². The minimum Gasteiger partial charge on any atom is -0.497 e. The Balaban J connectivity index is 1.67. The van der Waals surface area contributed by atoms with E-state index < -0.39 is 0 Å². The molecule has 0 atom stereocenters. The van der Waals surface area contributed by atoms with E-state index in [0.717, 1.165) is 22.8 Å². The van der Waals surface area contributed by atoms with Crippen LogP contribution in [0.15, 0.2) is 60.7 Å². The summed E-state index contributed by atoms with van der Waals surface area (Å²) in [6.45, 7) is 0. The molecule has 3 aromatic carbocycles. The molecule has 1 aliphatic carbocycles. The molecule has 1 fully saturated rings. The van der Waals surface area contributed by atoms with Crippen LogP contribution in [0.4, 0.5) is 5.82 Å². The van der Waals surface area contributed by atoms with Gasteiger partial charge in [-0.15, -0.1) is 0 Å². The normalized spacial score (nSPS) is 15.2. The molecule has 4 heteroatoms. The topological polar surface area (TPSA) is 39.1 Å². The molecule has 142 valence electrons. The number of nitrogens with zero attached hydrogens (tertiary/aromatic N) is 2. The van der Waals surface area contributed by atoms with Crippen molar-refractivity contribution in [3.63, 3.8) is 0 Å². The molecule has 0 amide bonds. The average molecular weight is 371 g/mol. The van der Waals surface area contributed by atoms with E-state index in [0.29, 0.717) is 6.04 Å². The lowest BCUT2D eigenvalue weighted by molar-refractivity contribution is 0.414. The first-order chi connectivity index (χ1) is 13.8. The van der Waals surface area contributed by atoms with Crippen molar-refractivity contribution in [2.24, 2.45) is 0 Å². The van der Waals surface area contributed by atoms with Gasteiger partial charge in [-0.2, -0.15) is 5.10 Å². The van der Waals surface area contributed by atoms with Crippen LogP contribution in [0.2, 0.25) is 0 Å². The molecule has 0 aliphatic heterocycles. The highest BCUT2D eigenvalue weighted by Gasteiger charge is 2.19. The summed E-state index contributed by atoms with van der Waals surface area (Å²) in [6.07, 6.45) is 6.40. The van der Waals surface area contributed by atoms with Crippen molar-refractivity contribution in [3.8, 4) is 11.4 Å². The van der Waals surface area contributed by atoms with Gasteiger partial charge in [-0.1, -0.05) is 43.5 Å². The van der Waals surface area contributed by atoms with Gasteiger partial charge in [0.2, 0.25) is 0 Å². The van der Waals surface area contributed by atoms with Gasteiger partial charge in [0.25, 0.3) is 0 Å². The molecule has 0 saturated heterocycles. The van der Waals surface area contributed by atoms with Crippen molar-refractivity contribution in [1.29, 1.82) is 0 Å². The van der Waals surface area contributed by atoms with E-state index in [-0.39, 0.29) is 0 Å². The van der Waals surface area contributed by atoms with Gasteiger partial charge in [0, 0.05) is 11.4 Å². The second kappa shape index (κ2) is 7.19. The minimum absolute atomic E-state index is 0.511. The van der Waals surface area contributed by atoms with Crippen molar-refractivity contribution in [2.45, 2.75) is 38.1 Å². The van der Waals surface area contributed by atoms with E-state index in [1.165, 1.54) is 48.3 Å². The van der Waals surface area contributed by atoms with Crippen LogP contribution >= 0.6 is 0 Å². The van der Waals surface area contributed by atoms with Crippen LogP contribution in [0.3, 0.4) is 0 Å². The highest BCUT2D eigenvalue weighted by molar-refractivity contribution is 6.02. The molecule has 0 radical (unpaired) electrons. The van der Waals surface area contributed by atoms with Crippen molar-refractivity contribution in [1.82, 2.24) is 9.78 Å². The average Bonchev–Trinajstić information content (AvgIpc) is 3.10. The zero-order chi connectivity index (χ0) is 18.9. The number of hydrogen-bond donors (Lipinski definition) is 1. The third-order valence-corrected chi connectivity index (χ3v) is 5.80. The van der Waals surface area contributed by atoms with Crippen LogP contribution in [0.25, 0.3) is 27.4 Å². The maximum absolute atomic E-state index is 5.32. The summed E-state index contributed by atoms with van der Waals surface area (Å²) in [5.74, 6) is 1.95. The number of aromatic nitrogens is 2. The molecule has 4 nitrogen and oxygen atoms in total. The Morgan fingerprint density at radius 3 is 2.36 bits per heavy atom. The number of rotatable bonds is 4. The third-order valence-electron chi connectivity index (χ3n) is 5.80. The largest absolute Gasteiger partial charge is 0.497 e. The number of hydrogen-bond acceptors (Lipinski definition) is 3. The number of anilines is 1. The van der Waals surface area contributed by atoms with Crippen molar-refractivity contribution < 1.29 is 4.74 Å². The van der Waals surface area contributed by atoms with E-state index in [1.54, 1.807) is 7.11 Å². The molecule has 1 aliphatic rings. The van der Waals surface area contributed by atoms with Crippen molar-refractivity contribution in [2.75, 3.05) is 12.4 Å². The monoisotopic (exact) mass is 371 g/mol. The number of ether oxygens (including phenoxy) is 1. The Kier molecular flexibility index (Phi) is 4.40. The lowest BCUT2D eigenvalue weighted by Crippen LogP contribution is -2.23. The maximum atomic E-state index is 5.32. The first kappa shape index (κ1) is 17.1. The Bertz CT molecular complexity index is 1110. The fraction of sp³-hybridized carbons (Fsp3) is 0.292. The number of nitrogens with one attached hydrogen (secondary N) is 1. The highest BCUT2D eigenvalue weighted by Crippen LogP contribution is 2.33.